The van der Waals surface area contributed by atoms with Crippen molar-refractivity contribution >= 4 is 30.4 Å². The molecule has 1 aliphatic heterocycles. The summed E-state index contributed by atoms with van der Waals surface area (Å²) in [6, 6.07) is 0. The van der Waals surface area contributed by atoms with E-state index in [4.69, 9.17) is 13.5 Å². The lowest BCUT2D eigenvalue weighted by Gasteiger charge is -2.45. The summed E-state index contributed by atoms with van der Waals surface area (Å²) in [5, 5.41) is 0. The Morgan fingerprint density at radius 1 is 0.390 bits per heavy atom. The van der Waals surface area contributed by atoms with Crippen LogP contribution in [0.5, 0.6) is 0 Å². The van der Waals surface area contributed by atoms with Crippen LogP contribution in [0.3, 0.4) is 0 Å². The molecule has 0 aliphatic carbocycles. The van der Waals surface area contributed by atoms with E-state index in [-0.39, 0.29) is 24.0 Å². The van der Waals surface area contributed by atoms with Gasteiger partial charge in [-0.25, -0.2) is 42.0 Å². The maximum absolute atomic E-state index is 6.11. The monoisotopic (exact) mass is 773 g/mol. The normalized spacial score (nSPS) is 16.8. The third-order valence-corrected chi connectivity index (χ3v) is 23.8. The zero-order valence-electron chi connectivity index (χ0n) is 29.5. The maximum Gasteiger partial charge on any atom is 0.453 e. The second-order valence-electron chi connectivity index (χ2n) is 12.1. The molecule has 0 aromatic heterocycles. The van der Waals surface area contributed by atoms with E-state index in [0.717, 1.165) is 25.9 Å². The molecule has 0 saturated carbocycles. The van der Waals surface area contributed by atoms with Gasteiger partial charge in [0, 0.05) is 13.1 Å². The summed E-state index contributed by atoms with van der Waals surface area (Å²) >= 11 is 0. The van der Waals surface area contributed by atoms with Gasteiger partial charge >= 0.3 is 7.87 Å². The topological polar surface area (TPSA) is 69.5 Å². The Bertz CT molecular complexity index is 782. The van der Waals surface area contributed by atoms with E-state index in [1.54, 1.807) is 0 Å². The lowest BCUT2D eigenvalue weighted by Crippen LogP contribution is -3.00. The lowest BCUT2D eigenvalue weighted by molar-refractivity contribution is -0.00000978. The van der Waals surface area contributed by atoms with Crippen LogP contribution in [0.4, 0.5) is 0 Å². The summed E-state index contributed by atoms with van der Waals surface area (Å²) in [7, 11) is 28.7. The second-order valence-corrected chi connectivity index (χ2v) is 26.3. The minimum atomic E-state index is -2.94. The van der Waals surface area contributed by atoms with Gasteiger partial charge in [-0.3, -0.25) is 0 Å². The minimum absolute atomic E-state index is 0. The van der Waals surface area contributed by atoms with Crippen molar-refractivity contribution in [3.05, 3.63) is 0 Å². The summed E-state index contributed by atoms with van der Waals surface area (Å²) in [6.45, 7) is 1.89. The van der Waals surface area contributed by atoms with Crippen molar-refractivity contribution in [2.24, 2.45) is 13.5 Å². The molecule has 1 rings (SSSR count). The van der Waals surface area contributed by atoms with Crippen molar-refractivity contribution in [1.29, 1.82) is 0 Å². The Hall–Kier alpha value is 1.45. The molecule has 0 aromatic rings. The Morgan fingerprint density at radius 2 is 0.585 bits per heavy atom. The molecule has 1 fully saturated rings. The van der Waals surface area contributed by atoms with E-state index in [9.17, 15) is 0 Å². The number of hydrogen-bond donors (Lipinski definition) is 0. The predicted octanol–water partition coefficient (Wildman–Crippen LogP) is 2.05. The van der Waals surface area contributed by atoms with Crippen molar-refractivity contribution < 1.29 is 24.0 Å². The molecule has 248 valence electrons. The molecular weight excluding hydrogens is 709 g/mol. The van der Waals surface area contributed by atoms with E-state index < -0.39 is 30.4 Å². The number of hydrogen-bond acceptors (Lipinski definition) is 4. The van der Waals surface area contributed by atoms with Crippen LogP contribution in [0.1, 0.15) is 19.3 Å². The van der Waals surface area contributed by atoms with Gasteiger partial charge in [-0.05, 0) is 153 Å². The predicted molar refractivity (Wildman–Crippen MR) is 184 cm³/mol. The SMILES string of the molecule is CN(C)P(=N[P+](N=P(N(C)C)(N(C)C)N(C)C)(N=P(N(C)C)(N(C)C)N(C)C)N1CCCCC1)(N(C)C)N(C)C.[I-]. The van der Waals surface area contributed by atoms with Gasteiger partial charge in [-0.15, -0.1) is 4.67 Å². The van der Waals surface area contributed by atoms with Crippen molar-refractivity contribution in [3.8, 4) is 0 Å². The van der Waals surface area contributed by atoms with Crippen LogP contribution in [0.25, 0.3) is 0 Å². The average molecular weight is 774 g/mol. The number of halogens is 1. The van der Waals surface area contributed by atoms with Crippen molar-refractivity contribution in [2.75, 3.05) is 140 Å². The minimum Gasteiger partial charge on any atom is -1.00 e. The Morgan fingerprint density at radius 3 is 0.756 bits per heavy atom. The summed E-state index contributed by atoms with van der Waals surface area (Å²) in [6.07, 6.45) is 3.50. The molecule has 1 heterocycles. The van der Waals surface area contributed by atoms with Crippen LogP contribution in [0.2, 0.25) is 0 Å². The van der Waals surface area contributed by atoms with Gasteiger partial charge in [0.05, 0.1) is 0 Å². The Labute approximate surface area is 272 Å². The quantitative estimate of drug-likeness (QED) is 0.206. The fourth-order valence-corrected chi connectivity index (χ4v) is 25.4. The summed E-state index contributed by atoms with van der Waals surface area (Å²) in [4.78, 5) is 0. The highest BCUT2D eigenvalue weighted by Gasteiger charge is 2.57. The fourth-order valence-electron chi connectivity index (χ4n) is 5.79. The standard InChI is InChI=1S/C23H64N13P4.HI/c1-27(2)38(28(3)4,29(5)6)24-37(36-22-20-19-21-23-36,25-39(30(7)8,31(9)10)32(11)12)26-40(33(13)14,34(15)16)35(17)18;/h19-23H2,1-18H3;1H/q+1;/p-1. The molecule has 0 radical (unpaired) electrons. The first-order valence-electron chi connectivity index (χ1n) is 13.9. The van der Waals surface area contributed by atoms with E-state index in [0.29, 0.717) is 0 Å². The van der Waals surface area contributed by atoms with Crippen molar-refractivity contribution in [3.63, 3.8) is 0 Å². The largest absolute Gasteiger partial charge is 1.00 e. The molecule has 0 aromatic carbocycles. The highest BCUT2D eigenvalue weighted by molar-refractivity contribution is 7.84. The highest BCUT2D eigenvalue weighted by Crippen LogP contribution is 2.83. The van der Waals surface area contributed by atoms with Gasteiger partial charge in [0.2, 0.25) is 22.5 Å². The molecule has 0 bridgehead atoms. The van der Waals surface area contributed by atoms with Crippen LogP contribution in [-0.4, -0.2) is 187 Å². The number of rotatable bonds is 13. The molecule has 0 amide bonds. The molecule has 0 unspecified atom stereocenters. The molecule has 0 atom stereocenters. The van der Waals surface area contributed by atoms with Crippen LogP contribution in [0.15, 0.2) is 13.5 Å². The lowest BCUT2D eigenvalue weighted by atomic mass is 10.2. The maximum atomic E-state index is 6.11. The van der Waals surface area contributed by atoms with Crippen LogP contribution < -0.4 is 24.0 Å². The molecule has 1 aliphatic rings. The van der Waals surface area contributed by atoms with Gasteiger partial charge in [-0.1, -0.05) is 6.42 Å². The average Bonchev–Trinajstić information content (AvgIpc) is 2.82. The molecular formula is C23H64IN13P4. The van der Waals surface area contributed by atoms with Crippen LogP contribution in [0, 0.1) is 0 Å². The second kappa shape index (κ2) is 16.8. The summed E-state index contributed by atoms with van der Waals surface area (Å²) < 4.78 is 41.7. The molecule has 1 saturated heterocycles. The fraction of sp³-hybridized carbons (Fsp3) is 1.00. The van der Waals surface area contributed by atoms with Gasteiger partial charge in [0.15, 0.2) is 0 Å². The van der Waals surface area contributed by atoms with Gasteiger partial charge in [-0.2, -0.15) is 0 Å². The number of piperidine rings is 1. The van der Waals surface area contributed by atoms with E-state index in [2.05, 4.69) is 174 Å². The first kappa shape index (κ1) is 42.5. The molecule has 0 spiro atoms. The molecule has 0 N–H and O–H groups in total. The summed E-state index contributed by atoms with van der Waals surface area (Å²) in [5.74, 6) is 0. The van der Waals surface area contributed by atoms with E-state index >= 15 is 0 Å². The molecule has 18 heteroatoms. The zero-order chi connectivity index (χ0) is 31.4. The van der Waals surface area contributed by atoms with E-state index in [1.165, 1.54) is 6.42 Å². The zero-order valence-corrected chi connectivity index (χ0v) is 35.3. The van der Waals surface area contributed by atoms with Gasteiger partial charge in [0.1, 0.15) is 0 Å². The third kappa shape index (κ3) is 8.44. The van der Waals surface area contributed by atoms with Crippen molar-refractivity contribution in [2.45, 2.75) is 19.3 Å². The smallest absolute Gasteiger partial charge is 0.453 e. The van der Waals surface area contributed by atoms with Gasteiger partial charge < -0.3 is 24.0 Å². The third-order valence-electron chi connectivity index (χ3n) is 7.26. The highest BCUT2D eigenvalue weighted by atomic mass is 127. The van der Waals surface area contributed by atoms with Gasteiger partial charge in [0.25, 0.3) is 0 Å². The number of nitrogens with zero attached hydrogens (tertiary/aromatic N) is 13. The first-order valence-corrected chi connectivity index (χ1v) is 20.3. The van der Waals surface area contributed by atoms with Crippen LogP contribution in [-0.2, 0) is 0 Å². The molecule has 13 nitrogen and oxygen atoms in total. The van der Waals surface area contributed by atoms with Crippen molar-refractivity contribution in [1.82, 2.24) is 46.7 Å². The first-order chi connectivity index (χ1) is 18.2. The Kier molecular flexibility index (Phi) is 17.4. The summed E-state index contributed by atoms with van der Waals surface area (Å²) in [5.41, 5.74) is 0. The molecule has 41 heavy (non-hydrogen) atoms. The van der Waals surface area contributed by atoms with Crippen LogP contribution >= 0.6 is 30.4 Å². The Balaban J connectivity index is 0.0000160. The van der Waals surface area contributed by atoms with E-state index in [1.807, 2.05) is 0 Å².